The van der Waals surface area contributed by atoms with E-state index in [2.05, 4.69) is 117 Å². The molecule has 0 unspecified atom stereocenters. The van der Waals surface area contributed by atoms with Gasteiger partial charge in [-0.1, -0.05) is 121 Å². The number of hydrogen-bond acceptors (Lipinski definition) is 5. The van der Waals surface area contributed by atoms with Gasteiger partial charge in [-0.25, -0.2) is 14.8 Å². The van der Waals surface area contributed by atoms with Crippen LogP contribution in [0.25, 0.3) is 123 Å². The van der Waals surface area contributed by atoms with E-state index in [9.17, 15) is 11.8 Å². The second-order valence-electron chi connectivity index (χ2n) is 15.4. The van der Waals surface area contributed by atoms with E-state index in [0.717, 1.165) is 69.4 Å². The number of nitriles is 1. The van der Waals surface area contributed by atoms with Crippen LogP contribution in [0.4, 0.5) is 5.69 Å². The molecule has 0 spiro atoms. The molecular formula is C54H28N6S2. The number of aromatic nitrogens is 4. The maximum atomic E-state index is 11.7. The van der Waals surface area contributed by atoms with Crippen molar-refractivity contribution in [3.8, 4) is 39.7 Å². The SMILES string of the molecule is [C-]#[N+]c1c(-c2ccccc2)c(C#N)c(-n2c3ncccc3c3cccnc32)c(-c2ccccc2)c1-n1c2c(ccc3c4ccccc4sc32)c2ccc3c4ccccc4sc3c21. The van der Waals surface area contributed by atoms with Crippen molar-refractivity contribution in [2.45, 2.75) is 0 Å². The van der Waals surface area contributed by atoms with Gasteiger partial charge in [0.2, 0.25) is 5.69 Å². The summed E-state index contributed by atoms with van der Waals surface area (Å²) in [6, 6.07) is 57.1. The van der Waals surface area contributed by atoms with E-state index < -0.39 is 0 Å². The summed E-state index contributed by atoms with van der Waals surface area (Å²) in [7, 11) is 0. The first-order chi connectivity index (χ1) is 30.7. The maximum absolute atomic E-state index is 11.7. The van der Waals surface area contributed by atoms with Gasteiger partial charge in [0.05, 0.1) is 43.9 Å². The van der Waals surface area contributed by atoms with Crippen molar-refractivity contribution in [1.82, 2.24) is 19.1 Å². The average Bonchev–Trinajstić information content (AvgIpc) is 4.09. The van der Waals surface area contributed by atoms with Gasteiger partial charge in [-0.15, -0.1) is 22.7 Å². The van der Waals surface area contributed by atoms with E-state index in [1.54, 1.807) is 35.1 Å². The average molecular weight is 825 g/mol. The van der Waals surface area contributed by atoms with Crippen LogP contribution in [0.2, 0.25) is 0 Å². The molecule has 0 saturated heterocycles. The molecule has 0 aliphatic rings. The predicted octanol–water partition coefficient (Wildman–Crippen LogP) is 15.2. The standard InChI is InChI=1S/C54H28N6S2/c1-56-46-44(31-14-4-2-5-15-31)41(30-55)47(60-53-39(20-12-28-57-53)40-21-13-29-58-54(40)60)45(32-16-6-3-7-17-32)50(46)59-48-35(24-26-37-33-18-8-10-22-42(33)61-51(37)48)36-25-27-38-34-19-9-11-23-43(34)62-52(38)49(36)59/h2-29H. The largest absolute Gasteiger partial charge is 0.316 e. The van der Waals surface area contributed by atoms with Crippen LogP contribution in [-0.4, -0.2) is 19.1 Å². The Hall–Kier alpha value is -8.14. The van der Waals surface area contributed by atoms with Gasteiger partial charge < -0.3 is 4.57 Å². The van der Waals surface area contributed by atoms with Crippen LogP contribution in [0.15, 0.2) is 170 Å². The molecule has 6 nitrogen and oxygen atoms in total. The molecule has 6 aromatic heterocycles. The molecule has 0 aliphatic carbocycles. The summed E-state index contributed by atoms with van der Waals surface area (Å²) in [5.41, 5.74) is 8.46. The zero-order chi connectivity index (χ0) is 41.1. The van der Waals surface area contributed by atoms with Gasteiger partial charge in [0.25, 0.3) is 0 Å². The third-order valence-corrected chi connectivity index (χ3v) is 14.7. The first kappa shape index (κ1) is 34.7. The quantitative estimate of drug-likeness (QED) is 0.166. The minimum atomic E-state index is 0.375. The first-order valence-electron chi connectivity index (χ1n) is 20.3. The molecule has 0 radical (unpaired) electrons. The summed E-state index contributed by atoms with van der Waals surface area (Å²) in [5, 5.41) is 20.4. The van der Waals surface area contributed by atoms with Gasteiger partial charge in [0.15, 0.2) is 0 Å². The summed E-state index contributed by atoms with van der Waals surface area (Å²) < 4.78 is 9.11. The highest BCUT2D eigenvalue weighted by molar-refractivity contribution is 7.27. The first-order valence-corrected chi connectivity index (χ1v) is 21.9. The van der Waals surface area contributed by atoms with Crippen molar-refractivity contribution >= 4 is 113 Å². The van der Waals surface area contributed by atoms with Crippen molar-refractivity contribution in [1.29, 1.82) is 5.26 Å². The van der Waals surface area contributed by atoms with Crippen molar-refractivity contribution < 1.29 is 0 Å². The van der Waals surface area contributed by atoms with Crippen LogP contribution < -0.4 is 0 Å². The van der Waals surface area contributed by atoms with E-state index in [0.29, 0.717) is 39.5 Å². The smallest absolute Gasteiger partial charge is 0.220 e. The molecular weight excluding hydrogens is 797 g/mol. The summed E-state index contributed by atoms with van der Waals surface area (Å²) in [6.07, 6.45) is 3.59. The molecule has 62 heavy (non-hydrogen) atoms. The molecule has 13 aromatic rings. The zero-order valence-electron chi connectivity index (χ0n) is 32.7. The van der Waals surface area contributed by atoms with E-state index in [4.69, 9.17) is 9.97 Å². The number of benzene rings is 7. The molecule has 0 atom stereocenters. The van der Waals surface area contributed by atoms with E-state index in [1.807, 2.05) is 60.7 Å². The van der Waals surface area contributed by atoms with Gasteiger partial charge in [0.1, 0.15) is 17.4 Å². The molecule has 6 heterocycles. The second-order valence-corrected chi connectivity index (χ2v) is 17.5. The fourth-order valence-corrected chi connectivity index (χ4v) is 12.3. The van der Waals surface area contributed by atoms with Crippen molar-refractivity contribution in [3.05, 3.63) is 187 Å². The third-order valence-electron chi connectivity index (χ3n) is 12.3. The number of nitrogens with zero attached hydrogens (tertiary/aromatic N) is 6. The molecule has 0 N–H and O–H groups in total. The highest BCUT2D eigenvalue weighted by Gasteiger charge is 2.33. The van der Waals surface area contributed by atoms with Crippen LogP contribution in [0.3, 0.4) is 0 Å². The van der Waals surface area contributed by atoms with Gasteiger partial charge in [0, 0.05) is 76.0 Å². The van der Waals surface area contributed by atoms with Gasteiger partial charge in [-0.2, -0.15) is 5.26 Å². The van der Waals surface area contributed by atoms with E-state index >= 15 is 0 Å². The number of hydrogen-bond donors (Lipinski definition) is 0. The topological polar surface area (TPSA) is 63.8 Å². The molecule has 7 aromatic carbocycles. The number of pyridine rings is 2. The highest BCUT2D eigenvalue weighted by Crippen LogP contribution is 2.54. The molecule has 0 bridgehead atoms. The fraction of sp³-hybridized carbons (Fsp3) is 0. The van der Waals surface area contributed by atoms with Crippen molar-refractivity contribution in [3.63, 3.8) is 0 Å². The maximum Gasteiger partial charge on any atom is 0.220 e. The molecule has 8 heteroatoms. The lowest BCUT2D eigenvalue weighted by Crippen LogP contribution is -2.09. The van der Waals surface area contributed by atoms with Gasteiger partial charge in [-0.05, 0) is 47.5 Å². The van der Waals surface area contributed by atoms with Crippen LogP contribution in [0.5, 0.6) is 0 Å². The zero-order valence-corrected chi connectivity index (χ0v) is 34.3. The Balaban J connectivity index is 1.37. The normalized spacial score (nSPS) is 11.8. The third kappa shape index (κ3) is 4.65. The Morgan fingerprint density at radius 1 is 0.468 bits per heavy atom. The lowest BCUT2D eigenvalue weighted by Gasteiger charge is -2.25. The Kier molecular flexibility index (Phi) is 7.38. The van der Waals surface area contributed by atoms with Gasteiger partial charge in [-0.3, -0.25) is 4.57 Å². The van der Waals surface area contributed by atoms with Crippen molar-refractivity contribution in [2.75, 3.05) is 0 Å². The Morgan fingerprint density at radius 2 is 0.935 bits per heavy atom. The Morgan fingerprint density at radius 3 is 1.45 bits per heavy atom. The summed E-state index contributed by atoms with van der Waals surface area (Å²) in [6.45, 7) is 9.31. The van der Waals surface area contributed by atoms with Crippen LogP contribution in [0.1, 0.15) is 5.56 Å². The van der Waals surface area contributed by atoms with Gasteiger partial charge >= 0.3 is 0 Å². The minimum absolute atomic E-state index is 0.375. The fourth-order valence-electron chi connectivity index (χ4n) is 9.78. The summed E-state index contributed by atoms with van der Waals surface area (Å²) >= 11 is 3.56. The monoisotopic (exact) mass is 824 g/mol. The van der Waals surface area contributed by atoms with Crippen LogP contribution >= 0.6 is 22.7 Å². The second kappa shape index (κ2) is 13.2. The molecule has 0 saturated carbocycles. The lowest BCUT2D eigenvalue weighted by molar-refractivity contribution is 1.09. The molecule has 0 aliphatic heterocycles. The van der Waals surface area contributed by atoms with Crippen LogP contribution in [0, 0.1) is 17.9 Å². The molecule has 286 valence electrons. The molecule has 0 fully saturated rings. The number of fused-ring (bicyclic) bond motifs is 14. The highest BCUT2D eigenvalue weighted by atomic mass is 32.1. The van der Waals surface area contributed by atoms with E-state index in [-0.39, 0.29) is 0 Å². The predicted molar refractivity (Wildman–Crippen MR) is 258 cm³/mol. The molecule has 13 rings (SSSR count). The van der Waals surface area contributed by atoms with Crippen LogP contribution in [-0.2, 0) is 0 Å². The minimum Gasteiger partial charge on any atom is -0.316 e. The lowest BCUT2D eigenvalue weighted by atomic mass is 9.88. The van der Waals surface area contributed by atoms with E-state index in [1.165, 1.54) is 20.2 Å². The summed E-state index contributed by atoms with van der Waals surface area (Å²) in [4.78, 5) is 14.6. The summed E-state index contributed by atoms with van der Waals surface area (Å²) in [5.74, 6) is 0. The van der Waals surface area contributed by atoms with Crippen molar-refractivity contribution in [2.24, 2.45) is 0 Å². The number of thiophene rings is 2. The number of rotatable bonds is 4. The Bertz CT molecular complexity index is 3940. The molecule has 0 amide bonds. The Labute approximate surface area is 361 Å².